The molecule has 0 radical (unpaired) electrons. The maximum Gasteiger partial charge on any atom is 0.136 e. The Morgan fingerprint density at radius 1 is 1.17 bits per heavy atom. The van der Waals surface area contributed by atoms with Crippen molar-refractivity contribution in [2.75, 3.05) is 34.2 Å². The normalized spacial score (nSPS) is 15.0. The highest BCUT2D eigenvalue weighted by molar-refractivity contribution is 5.62. The number of piperidine rings is 1. The Morgan fingerprint density at radius 2 is 1.71 bits per heavy atom. The summed E-state index contributed by atoms with van der Waals surface area (Å²) in [5.74, 6) is 0.774. The number of hydrogen-bond donors (Lipinski definition) is 1. The zero-order chi connectivity index (χ0) is 18.5. The Kier molecular flexibility index (Phi) is 7.08. The number of carboxylic acid groups (broad SMARTS) is 1. The van der Waals surface area contributed by atoms with Gasteiger partial charge in [0, 0.05) is 30.3 Å². The Balaban J connectivity index is 0.000000272. The van der Waals surface area contributed by atoms with Gasteiger partial charge >= 0.3 is 0 Å². The molecule has 1 N–H and O–H groups in total. The van der Waals surface area contributed by atoms with E-state index >= 15 is 0 Å². The molecule has 2 rings (SSSR count). The largest absolute Gasteiger partial charge is 0.530 e. The Bertz CT molecular complexity index is 556. The second-order valence-electron chi connectivity index (χ2n) is 7.68. The second kappa shape index (κ2) is 8.38. The van der Waals surface area contributed by atoms with Crippen LogP contribution in [0.5, 0.6) is 5.75 Å². The number of likely N-dealkylation sites (tertiary alicyclic amines) is 1. The minimum atomic E-state index is -1.02. The highest BCUT2D eigenvalue weighted by Crippen LogP contribution is 2.33. The van der Waals surface area contributed by atoms with Crippen molar-refractivity contribution in [1.29, 1.82) is 0 Å². The van der Waals surface area contributed by atoms with Crippen molar-refractivity contribution in [2.24, 2.45) is 0 Å². The summed E-state index contributed by atoms with van der Waals surface area (Å²) in [5.41, 5.74) is 3.43. The van der Waals surface area contributed by atoms with Gasteiger partial charge in [0.25, 0.3) is 0 Å². The van der Waals surface area contributed by atoms with Crippen LogP contribution in [0.25, 0.3) is 0 Å². The summed E-state index contributed by atoms with van der Waals surface area (Å²) < 4.78 is 0.784. The third kappa shape index (κ3) is 5.71. The van der Waals surface area contributed by atoms with E-state index in [1.165, 1.54) is 10.6 Å². The van der Waals surface area contributed by atoms with Crippen molar-refractivity contribution in [1.82, 2.24) is 9.38 Å². The Morgan fingerprint density at radius 3 is 2.08 bits per heavy atom. The van der Waals surface area contributed by atoms with Crippen LogP contribution < -0.4 is 9.59 Å². The fourth-order valence-corrected chi connectivity index (χ4v) is 2.96. The van der Waals surface area contributed by atoms with Crippen LogP contribution in [0.15, 0.2) is 12.1 Å². The minimum Gasteiger partial charge on any atom is -0.530 e. The average Bonchev–Trinajstić information content (AvgIpc) is 2.47. The molecule has 0 aromatic heterocycles. The van der Waals surface area contributed by atoms with Crippen molar-refractivity contribution in [2.45, 2.75) is 46.0 Å². The average molecular weight is 336 g/mol. The number of amides is 1. The van der Waals surface area contributed by atoms with Gasteiger partial charge in [0.1, 0.15) is 17.5 Å². The summed E-state index contributed by atoms with van der Waals surface area (Å²) in [6.45, 7) is 7.58. The summed E-state index contributed by atoms with van der Waals surface area (Å²) in [7, 11) is 6.43. The van der Waals surface area contributed by atoms with Gasteiger partial charge < -0.3 is 19.9 Å². The summed E-state index contributed by atoms with van der Waals surface area (Å²) in [5, 5.41) is 20.0. The van der Waals surface area contributed by atoms with Crippen LogP contribution in [-0.4, -0.2) is 50.3 Å². The van der Waals surface area contributed by atoms with Crippen molar-refractivity contribution in [3.8, 4) is 5.75 Å². The van der Waals surface area contributed by atoms with Gasteiger partial charge in [-0.05, 0) is 38.2 Å². The summed E-state index contributed by atoms with van der Waals surface area (Å²) in [6, 6.07) is 3.99. The number of nitrogens with zero attached hydrogens (tertiary/aromatic N) is 2. The molecule has 1 fully saturated rings. The molecule has 0 bridgehead atoms. The summed E-state index contributed by atoms with van der Waals surface area (Å²) in [6.07, 6.45) is 2.13. The number of carbonyl (C=O) groups excluding carboxylic acids is 1. The van der Waals surface area contributed by atoms with Crippen LogP contribution in [0.1, 0.15) is 50.2 Å². The Labute approximate surface area is 146 Å². The van der Waals surface area contributed by atoms with E-state index in [2.05, 4.69) is 41.1 Å². The van der Waals surface area contributed by atoms with Crippen LogP contribution in [0.3, 0.4) is 0 Å². The van der Waals surface area contributed by atoms with Gasteiger partial charge in [0.15, 0.2) is 0 Å². The van der Waals surface area contributed by atoms with E-state index < -0.39 is 6.09 Å². The van der Waals surface area contributed by atoms with Gasteiger partial charge in [-0.15, -0.1) is 0 Å². The van der Waals surface area contributed by atoms with E-state index in [0.29, 0.717) is 24.8 Å². The lowest BCUT2D eigenvalue weighted by Crippen LogP contribution is -2.43. The molecule has 24 heavy (non-hydrogen) atoms. The second-order valence-corrected chi connectivity index (χ2v) is 7.68. The topological polar surface area (TPSA) is 63.6 Å². The molecule has 0 aliphatic carbocycles. The third-order valence-electron chi connectivity index (χ3n) is 4.30. The number of phenolic OH excluding ortho intramolecular Hbond substituents is 1. The molecular weight excluding hydrogens is 304 g/mol. The van der Waals surface area contributed by atoms with Gasteiger partial charge in [-0.2, -0.15) is 0 Å². The predicted octanol–water partition coefficient (Wildman–Crippen LogP) is 2.84. The van der Waals surface area contributed by atoms with E-state index in [1.54, 1.807) is 0 Å². The molecule has 0 spiro atoms. The zero-order valence-corrected chi connectivity index (χ0v) is 15.9. The van der Waals surface area contributed by atoms with E-state index in [9.17, 15) is 15.0 Å². The number of carbonyl (C=O) groups is 1. The molecule has 1 aliphatic rings. The molecule has 1 aromatic rings. The number of aromatic hydroxyl groups is 1. The molecule has 0 atom stereocenters. The first-order valence-electron chi connectivity index (χ1n) is 8.65. The molecular formula is C19H32N2O3. The van der Waals surface area contributed by atoms with Gasteiger partial charge in [0.05, 0.1) is 21.1 Å². The standard InChI is InChI=1S/C13H21NO.C6H11NO2/c1-9(2)11-8-12(14(4,5)6)10(3)7-13(11)15;8-6(9)7-4-2-1-3-5-7/h7-9H,1-6H3;1-5H2,(H,8,9). The fourth-order valence-electron chi connectivity index (χ4n) is 2.96. The predicted molar refractivity (Wildman–Crippen MR) is 97.3 cm³/mol. The van der Waals surface area contributed by atoms with Crippen LogP contribution >= 0.6 is 0 Å². The molecule has 1 aromatic carbocycles. The van der Waals surface area contributed by atoms with Crippen molar-refractivity contribution in [3.05, 3.63) is 23.3 Å². The highest BCUT2D eigenvalue weighted by atomic mass is 16.4. The maximum atomic E-state index is 10.2. The fraction of sp³-hybridized carbons (Fsp3) is 0.632. The van der Waals surface area contributed by atoms with Crippen molar-refractivity contribution < 1.29 is 15.0 Å². The first-order valence-corrected chi connectivity index (χ1v) is 8.65. The minimum absolute atomic E-state index is 0.357. The maximum absolute atomic E-state index is 10.2. The van der Waals surface area contributed by atoms with E-state index in [0.717, 1.165) is 34.9 Å². The van der Waals surface area contributed by atoms with Crippen molar-refractivity contribution in [3.63, 3.8) is 0 Å². The lowest BCUT2D eigenvalue weighted by atomic mass is 9.98. The van der Waals surface area contributed by atoms with Crippen LogP contribution in [0.2, 0.25) is 0 Å². The zero-order valence-electron chi connectivity index (χ0n) is 15.9. The lowest BCUT2D eigenvalue weighted by Gasteiger charge is -2.28. The van der Waals surface area contributed by atoms with Gasteiger partial charge in [-0.3, -0.25) is 4.48 Å². The quantitative estimate of drug-likeness (QED) is 0.845. The molecule has 0 unspecified atom stereocenters. The van der Waals surface area contributed by atoms with E-state index in [-0.39, 0.29) is 0 Å². The van der Waals surface area contributed by atoms with Crippen LogP contribution in [0, 0.1) is 6.92 Å². The molecule has 1 saturated heterocycles. The smallest absolute Gasteiger partial charge is 0.136 e. The van der Waals surface area contributed by atoms with Gasteiger partial charge in [0.2, 0.25) is 0 Å². The number of phenols is 1. The van der Waals surface area contributed by atoms with Crippen molar-refractivity contribution >= 4 is 11.8 Å². The SMILES string of the molecule is Cc1cc(O)c(C(C)C)cc1[N+](C)(C)C.O=C([O-])N1CCCCC1. The summed E-state index contributed by atoms with van der Waals surface area (Å²) >= 11 is 0. The Hall–Kier alpha value is -1.75. The molecule has 1 heterocycles. The highest BCUT2D eigenvalue weighted by Gasteiger charge is 2.19. The van der Waals surface area contributed by atoms with E-state index in [4.69, 9.17) is 0 Å². The molecule has 136 valence electrons. The molecule has 5 nitrogen and oxygen atoms in total. The monoisotopic (exact) mass is 336 g/mol. The molecule has 5 heteroatoms. The molecule has 1 amide bonds. The van der Waals surface area contributed by atoms with Crippen LogP contribution in [0.4, 0.5) is 10.5 Å². The number of benzene rings is 1. The summed E-state index contributed by atoms with van der Waals surface area (Å²) in [4.78, 5) is 11.5. The number of quaternary nitrogens is 1. The van der Waals surface area contributed by atoms with Gasteiger partial charge in [-0.1, -0.05) is 13.8 Å². The molecule has 0 saturated carbocycles. The number of hydrogen-bond acceptors (Lipinski definition) is 3. The van der Waals surface area contributed by atoms with Gasteiger partial charge in [-0.25, -0.2) is 0 Å². The first kappa shape index (κ1) is 20.3. The first-order chi connectivity index (χ1) is 11.0. The molecule has 1 aliphatic heterocycles. The third-order valence-corrected chi connectivity index (χ3v) is 4.30. The lowest BCUT2D eigenvalue weighted by molar-refractivity contribution is -0.266. The van der Waals surface area contributed by atoms with E-state index in [1.807, 2.05) is 13.0 Å². The number of rotatable bonds is 2. The number of aryl methyl sites for hydroxylation is 1. The van der Waals surface area contributed by atoms with Crippen LogP contribution in [-0.2, 0) is 0 Å².